The summed E-state index contributed by atoms with van der Waals surface area (Å²) < 4.78 is 10.7. The van der Waals surface area contributed by atoms with Crippen LogP contribution in [0.5, 0.6) is 5.75 Å². The van der Waals surface area contributed by atoms with Crippen molar-refractivity contribution < 1.29 is 19.4 Å². The van der Waals surface area contributed by atoms with Gasteiger partial charge in [0.15, 0.2) is 0 Å². The summed E-state index contributed by atoms with van der Waals surface area (Å²) in [5, 5.41) is 9.57. The van der Waals surface area contributed by atoms with Crippen LogP contribution >= 0.6 is 11.8 Å². The normalized spacial score (nSPS) is 12.3. The number of thioether (sulfide) groups is 1. The van der Waals surface area contributed by atoms with Crippen LogP contribution in [0.3, 0.4) is 0 Å². The molecule has 0 aromatic carbocycles. The van der Waals surface area contributed by atoms with Crippen molar-refractivity contribution in [1.82, 2.24) is 4.98 Å². The Kier molecular flexibility index (Phi) is 6.86. The Hall–Kier alpha value is -1.57. The number of nitrogens with zero attached hydrogens (tertiary/aromatic N) is 1. The second-order valence-corrected chi connectivity index (χ2v) is 6.03. The Bertz CT molecular complexity index is 553. The number of nitrogens with two attached hydrogens (primary N) is 1. The lowest BCUT2D eigenvalue weighted by molar-refractivity contribution is -0.106. The maximum absolute atomic E-state index is 11.8. The molecule has 6 nitrogen and oxygen atoms in total. The van der Waals surface area contributed by atoms with Gasteiger partial charge in [-0.1, -0.05) is 11.8 Å². The molecule has 0 fully saturated rings. The third kappa shape index (κ3) is 5.32. The van der Waals surface area contributed by atoms with Gasteiger partial charge in [0, 0.05) is 13.3 Å². The number of hydrogen-bond acceptors (Lipinski definition) is 7. The van der Waals surface area contributed by atoms with Crippen molar-refractivity contribution in [3.63, 3.8) is 0 Å². The first-order valence-electron chi connectivity index (χ1n) is 6.67. The summed E-state index contributed by atoms with van der Waals surface area (Å²) in [6, 6.07) is 3.35. The first kappa shape index (κ1) is 18.5. The largest absolute Gasteiger partial charge is 0.489 e. The van der Waals surface area contributed by atoms with Crippen molar-refractivity contribution in [1.29, 1.82) is 0 Å². The molecule has 1 heterocycles. The Balaban J connectivity index is 3.11. The molecule has 1 rings (SSSR count). The van der Waals surface area contributed by atoms with Crippen molar-refractivity contribution in [2.75, 3.05) is 20.0 Å². The number of pyridine rings is 1. The Morgan fingerprint density at radius 2 is 2.18 bits per heavy atom. The van der Waals surface area contributed by atoms with E-state index >= 15 is 0 Å². The van der Waals surface area contributed by atoms with Gasteiger partial charge >= 0.3 is 0 Å². The molecule has 0 spiro atoms. The Morgan fingerprint density at radius 3 is 2.68 bits per heavy atom. The minimum Gasteiger partial charge on any atom is -0.489 e. The van der Waals surface area contributed by atoms with Gasteiger partial charge in [-0.15, -0.1) is 0 Å². The average Bonchev–Trinajstić information content (AvgIpc) is 2.46. The number of rotatable bonds is 7. The van der Waals surface area contributed by atoms with E-state index in [-0.39, 0.29) is 18.3 Å². The highest BCUT2D eigenvalue weighted by atomic mass is 32.2. The predicted molar refractivity (Wildman–Crippen MR) is 87.4 cm³/mol. The minimum absolute atomic E-state index is 0.119. The molecule has 0 amide bonds. The van der Waals surface area contributed by atoms with E-state index in [1.807, 2.05) is 0 Å². The van der Waals surface area contributed by atoms with E-state index in [9.17, 15) is 9.90 Å². The van der Waals surface area contributed by atoms with Gasteiger partial charge < -0.3 is 20.3 Å². The maximum atomic E-state index is 11.8. The first-order valence-corrected chi connectivity index (χ1v) is 7.89. The lowest BCUT2D eigenvalue weighted by atomic mass is 10.1. The molecule has 0 radical (unpaired) electrons. The van der Waals surface area contributed by atoms with Gasteiger partial charge in [0.05, 0.1) is 23.5 Å². The van der Waals surface area contributed by atoms with Crippen molar-refractivity contribution in [2.45, 2.75) is 26.1 Å². The van der Waals surface area contributed by atoms with Crippen LogP contribution in [0.1, 0.15) is 25.2 Å². The molecule has 0 aliphatic carbocycles. The molecular formula is C15H22N2O4S. The van der Waals surface area contributed by atoms with E-state index < -0.39 is 5.60 Å². The zero-order chi connectivity index (χ0) is 16.8. The molecule has 0 aliphatic rings. The van der Waals surface area contributed by atoms with Gasteiger partial charge in [0.1, 0.15) is 18.1 Å². The van der Waals surface area contributed by atoms with Crippen LogP contribution in [0.15, 0.2) is 18.3 Å². The van der Waals surface area contributed by atoms with E-state index in [2.05, 4.69) is 4.98 Å². The summed E-state index contributed by atoms with van der Waals surface area (Å²) in [5.41, 5.74) is 5.90. The average molecular weight is 326 g/mol. The molecule has 0 atom stereocenters. The van der Waals surface area contributed by atoms with Crippen LogP contribution < -0.4 is 10.5 Å². The number of aliphatic hydroxyl groups is 1. The van der Waals surface area contributed by atoms with E-state index in [0.717, 1.165) is 11.8 Å². The monoisotopic (exact) mass is 326 g/mol. The Morgan fingerprint density at radius 1 is 1.50 bits per heavy atom. The zero-order valence-electron chi connectivity index (χ0n) is 13.3. The molecule has 0 bridgehead atoms. The number of hydrogen-bond donors (Lipinski definition) is 2. The van der Waals surface area contributed by atoms with Crippen LogP contribution in [0, 0.1) is 0 Å². The standard InChI is InChI=1S/C15H22N2O4S/c1-15(2,19)9-21-13-6-5-11(17-12(13)8-20-3)10(7-16)14(18)22-4/h5-7,19H,8-9,16H2,1-4H3. The summed E-state index contributed by atoms with van der Waals surface area (Å²) in [7, 11) is 1.54. The van der Waals surface area contributed by atoms with Gasteiger partial charge in [0.25, 0.3) is 0 Å². The molecule has 0 aliphatic heterocycles. The maximum Gasteiger partial charge on any atom is 0.222 e. The fraction of sp³-hybridized carbons (Fsp3) is 0.467. The van der Waals surface area contributed by atoms with Crippen LogP contribution in [0.25, 0.3) is 5.57 Å². The Labute approximate surface area is 134 Å². The number of carbonyl (C=O) groups is 1. The van der Waals surface area contributed by atoms with Crippen LogP contribution in [0.4, 0.5) is 0 Å². The molecule has 0 saturated carbocycles. The molecule has 0 saturated heterocycles. The summed E-state index contributed by atoms with van der Waals surface area (Å²) in [6.07, 6.45) is 2.93. The van der Waals surface area contributed by atoms with Crippen LogP contribution in [0.2, 0.25) is 0 Å². The number of carbonyl (C=O) groups excluding carboxylic acids is 1. The van der Waals surface area contributed by atoms with E-state index in [4.69, 9.17) is 15.2 Å². The molecule has 7 heteroatoms. The van der Waals surface area contributed by atoms with Gasteiger partial charge in [-0.25, -0.2) is 4.98 Å². The summed E-state index contributed by atoms with van der Waals surface area (Å²) >= 11 is 1.07. The predicted octanol–water partition coefficient (Wildman–Crippen LogP) is 1.57. The second-order valence-electron chi connectivity index (χ2n) is 5.25. The van der Waals surface area contributed by atoms with E-state index in [1.165, 1.54) is 6.20 Å². The highest BCUT2D eigenvalue weighted by Crippen LogP contribution is 2.24. The SMILES string of the molecule is COCc1nc(C(=CN)C(=O)SC)ccc1OCC(C)(C)O. The van der Waals surface area contributed by atoms with Crippen molar-refractivity contribution in [3.05, 3.63) is 29.7 Å². The highest BCUT2D eigenvalue weighted by Gasteiger charge is 2.18. The summed E-state index contributed by atoms with van der Waals surface area (Å²) in [6.45, 7) is 3.64. The lowest BCUT2D eigenvalue weighted by Gasteiger charge is -2.19. The molecule has 1 aromatic heterocycles. The number of aromatic nitrogens is 1. The van der Waals surface area contributed by atoms with Crippen LogP contribution in [-0.2, 0) is 16.1 Å². The second kappa shape index (κ2) is 8.17. The van der Waals surface area contributed by atoms with Gasteiger partial charge in [-0.2, -0.15) is 0 Å². The topological polar surface area (TPSA) is 94.7 Å². The number of methoxy groups -OCH3 is 1. The zero-order valence-corrected chi connectivity index (χ0v) is 14.1. The molecule has 0 unspecified atom stereocenters. The third-order valence-electron chi connectivity index (χ3n) is 2.64. The van der Waals surface area contributed by atoms with Gasteiger partial charge in [-0.05, 0) is 32.2 Å². The fourth-order valence-corrected chi connectivity index (χ4v) is 2.02. The minimum atomic E-state index is -0.958. The van der Waals surface area contributed by atoms with Crippen molar-refractivity contribution >= 4 is 22.5 Å². The third-order valence-corrected chi connectivity index (χ3v) is 3.23. The highest BCUT2D eigenvalue weighted by molar-refractivity contribution is 8.14. The smallest absolute Gasteiger partial charge is 0.222 e. The van der Waals surface area contributed by atoms with E-state index in [0.29, 0.717) is 22.7 Å². The lowest BCUT2D eigenvalue weighted by Crippen LogP contribution is -2.28. The van der Waals surface area contributed by atoms with Gasteiger partial charge in [0.2, 0.25) is 5.12 Å². The molecule has 3 N–H and O–H groups in total. The quantitative estimate of drug-likeness (QED) is 0.734. The first-order chi connectivity index (χ1) is 10.3. The fourth-order valence-electron chi connectivity index (χ4n) is 1.63. The van der Waals surface area contributed by atoms with Crippen molar-refractivity contribution in [2.24, 2.45) is 5.73 Å². The van der Waals surface area contributed by atoms with Crippen LogP contribution in [-0.4, -0.2) is 40.8 Å². The molecule has 1 aromatic rings. The van der Waals surface area contributed by atoms with Gasteiger partial charge in [-0.3, -0.25) is 4.79 Å². The number of ether oxygens (including phenoxy) is 2. The van der Waals surface area contributed by atoms with Crippen molar-refractivity contribution in [3.8, 4) is 5.75 Å². The molecule has 122 valence electrons. The summed E-state index contributed by atoms with van der Waals surface area (Å²) in [5.74, 6) is 0.501. The summed E-state index contributed by atoms with van der Waals surface area (Å²) in [4.78, 5) is 16.2. The van der Waals surface area contributed by atoms with E-state index in [1.54, 1.807) is 39.3 Å². The molecular weight excluding hydrogens is 304 g/mol. The molecule has 22 heavy (non-hydrogen) atoms.